The lowest BCUT2D eigenvalue weighted by molar-refractivity contribution is -0.305. The van der Waals surface area contributed by atoms with Gasteiger partial charge in [-0.15, -0.1) is 0 Å². The van der Waals surface area contributed by atoms with Gasteiger partial charge < -0.3 is 30.3 Å². The van der Waals surface area contributed by atoms with E-state index in [1.807, 2.05) is 0 Å². The summed E-state index contributed by atoms with van der Waals surface area (Å²) in [7, 11) is 0. The molecule has 0 saturated carbocycles. The molecule has 4 N–H and O–H groups in total. The third kappa shape index (κ3) is 15.8. The molecule has 0 aromatic heterocycles. The second-order valence-electron chi connectivity index (χ2n) is 6.00. The molecule has 0 fully saturated rings. The van der Waals surface area contributed by atoms with Crippen molar-refractivity contribution in [2.24, 2.45) is 0 Å². The number of rotatable bonds is 15. The Morgan fingerprint density at radius 1 is 0.808 bits per heavy atom. The van der Waals surface area contributed by atoms with Crippen LogP contribution in [0.5, 0.6) is 0 Å². The van der Waals surface area contributed by atoms with E-state index in [0.29, 0.717) is 25.7 Å². The lowest BCUT2D eigenvalue weighted by atomic mass is 10.1. The van der Waals surface area contributed by atoms with Gasteiger partial charge >= 0.3 is 0 Å². The average molecular weight is 367 g/mol. The maximum Gasteiger partial charge on any atom is 0.0982 e. The van der Waals surface area contributed by atoms with Crippen LogP contribution in [-0.2, 0) is 4.79 Å². The molecule has 0 rings (SSSR count). The van der Waals surface area contributed by atoms with E-state index in [1.165, 1.54) is 6.08 Å². The van der Waals surface area contributed by atoms with Crippen molar-refractivity contribution in [3.63, 3.8) is 0 Å². The highest BCUT2D eigenvalue weighted by molar-refractivity contribution is 5.64. The van der Waals surface area contributed by atoms with Crippen LogP contribution in [0.4, 0.5) is 0 Å². The minimum absolute atomic E-state index is 0.0565. The predicted octanol–water partition coefficient (Wildman–Crippen LogP) is 0.767. The summed E-state index contributed by atoms with van der Waals surface area (Å²) in [6, 6.07) is 0. The number of carbonyl (C=O) groups is 1. The predicted molar refractivity (Wildman–Crippen MR) is 99.0 cm³/mol. The number of hydrogen-bond acceptors (Lipinski definition) is 6. The van der Waals surface area contributed by atoms with Crippen molar-refractivity contribution < 1.29 is 30.3 Å². The minimum Gasteiger partial charge on any atom is -0.550 e. The van der Waals surface area contributed by atoms with Crippen molar-refractivity contribution in [1.29, 1.82) is 0 Å². The zero-order valence-corrected chi connectivity index (χ0v) is 15.1. The van der Waals surface area contributed by atoms with Gasteiger partial charge in [0.05, 0.1) is 18.3 Å². The van der Waals surface area contributed by atoms with Crippen LogP contribution in [0.3, 0.4) is 0 Å². The zero-order chi connectivity index (χ0) is 19.6. The summed E-state index contributed by atoms with van der Waals surface area (Å²) in [5.74, 6) is -1.11. The van der Waals surface area contributed by atoms with Gasteiger partial charge in [-0.05, 0) is 32.1 Å². The lowest BCUT2D eigenvalue weighted by Crippen LogP contribution is -2.23. The van der Waals surface area contributed by atoms with E-state index in [2.05, 4.69) is 0 Å². The fourth-order valence-corrected chi connectivity index (χ4v) is 2.12. The number of carboxylic acid groups (broad SMARTS) is 1. The average Bonchev–Trinajstić information content (AvgIpc) is 2.60. The number of hydrogen-bond donors (Lipinski definition) is 4. The molecule has 0 aliphatic rings. The fourth-order valence-electron chi connectivity index (χ4n) is 2.12. The van der Waals surface area contributed by atoms with E-state index in [0.717, 1.165) is 12.8 Å². The van der Waals surface area contributed by atoms with Crippen molar-refractivity contribution in [3.05, 3.63) is 48.6 Å². The standard InChI is InChI=1S/C20H32O6/c21-16-9-5-8-14-19(24)18(23)13-7-4-2-1-3-6-11-17(22)12-10-15-20(25)26/h1-4,6-7,11,13,17-19,21-24H,5,8-10,12,14-16H2,(H,25,26)/p-1/b3-1-,4-2+,11-6+,13-7+/t17-,18-,19+/m1/s1. The van der Waals surface area contributed by atoms with Gasteiger partial charge in [-0.2, -0.15) is 0 Å². The zero-order valence-electron chi connectivity index (χ0n) is 15.1. The van der Waals surface area contributed by atoms with Gasteiger partial charge in [0.1, 0.15) is 0 Å². The molecule has 0 aromatic carbocycles. The maximum atomic E-state index is 10.2. The van der Waals surface area contributed by atoms with Gasteiger partial charge in [-0.1, -0.05) is 61.4 Å². The van der Waals surface area contributed by atoms with Crippen molar-refractivity contribution in [2.75, 3.05) is 6.61 Å². The summed E-state index contributed by atoms with van der Waals surface area (Å²) in [5.41, 5.74) is 0. The molecule has 0 aromatic rings. The Balaban J connectivity index is 3.94. The SMILES string of the molecule is O=C([O-])CCC[C@H](O)/C=C/C=C\C=C\C=C\[C@@H](O)[C@@H](O)CCCCCO. The smallest absolute Gasteiger partial charge is 0.0982 e. The van der Waals surface area contributed by atoms with E-state index in [1.54, 1.807) is 42.5 Å². The number of carboxylic acids is 1. The normalized spacial score (nSPS) is 16.2. The number of unbranched alkanes of at least 4 members (excludes halogenated alkanes) is 2. The van der Waals surface area contributed by atoms with E-state index in [4.69, 9.17) is 5.11 Å². The molecule has 0 aliphatic carbocycles. The van der Waals surface area contributed by atoms with E-state index < -0.39 is 24.3 Å². The molecule has 0 aliphatic heterocycles. The first-order chi connectivity index (χ1) is 12.5. The van der Waals surface area contributed by atoms with Crippen LogP contribution in [0.15, 0.2) is 48.6 Å². The molecule has 0 bridgehead atoms. The van der Waals surface area contributed by atoms with Gasteiger partial charge in [0.15, 0.2) is 0 Å². The van der Waals surface area contributed by atoms with Gasteiger partial charge in [-0.3, -0.25) is 0 Å². The molecule has 3 atom stereocenters. The van der Waals surface area contributed by atoms with Gasteiger partial charge in [-0.25, -0.2) is 0 Å². The second kappa shape index (κ2) is 16.7. The van der Waals surface area contributed by atoms with Gasteiger partial charge in [0.25, 0.3) is 0 Å². The monoisotopic (exact) mass is 367 g/mol. The molecule has 26 heavy (non-hydrogen) atoms. The second-order valence-corrected chi connectivity index (χ2v) is 6.00. The summed E-state index contributed by atoms with van der Waals surface area (Å²) in [4.78, 5) is 10.2. The number of aliphatic carboxylic acids is 1. The highest BCUT2D eigenvalue weighted by Gasteiger charge is 2.11. The first kappa shape index (κ1) is 24.3. The summed E-state index contributed by atoms with van der Waals surface area (Å²) >= 11 is 0. The summed E-state index contributed by atoms with van der Waals surface area (Å²) in [5, 5.41) is 48.0. The van der Waals surface area contributed by atoms with Crippen molar-refractivity contribution in [2.45, 2.75) is 63.3 Å². The highest BCUT2D eigenvalue weighted by Crippen LogP contribution is 2.08. The quantitative estimate of drug-likeness (QED) is 0.251. The molecule has 0 heterocycles. The molecule has 148 valence electrons. The third-order valence-electron chi connectivity index (χ3n) is 3.63. The van der Waals surface area contributed by atoms with Crippen LogP contribution in [0.2, 0.25) is 0 Å². The Hall–Kier alpha value is -1.73. The molecule has 0 unspecified atom stereocenters. The van der Waals surface area contributed by atoms with E-state index >= 15 is 0 Å². The Morgan fingerprint density at radius 2 is 1.42 bits per heavy atom. The van der Waals surface area contributed by atoms with Gasteiger partial charge in [0, 0.05) is 12.6 Å². The van der Waals surface area contributed by atoms with Crippen LogP contribution < -0.4 is 5.11 Å². The molecule has 0 spiro atoms. The van der Waals surface area contributed by atoms with Crippen LogP contribution in [0, 0.1) is 0 Å². The molecule has 0 amide bonds. The van der Waals surface area contributed by atoms with Crippen molar-refractivity contribution in [1.82, 2.24) is 0 Å². The van der Waals surface area contributed by atoms with E-state index in [-0.39, 0.29) is 13.0 Å². The Bertz CT molecular complexity index is 467. The van der Waals surface area contributed by atoms with E-state index in [9.17, 15) is 25.2 Å². The largest absolute Gasteiger partial charge is 0.550 e. The summed E-state index contributed by atoms with van der Waals surface area (Å²) < 4.78 is 0. The molecular formula is C20H31O6-. The topological polar surface area (TPSA) is 121 Å². The maximum absolute atomic E-state index is 10.2. The first-order valence-corrected chi connectivity index (χ1v) is 9.00. The molecule has 0 radical (unpaired) electrons. The number of carbonyl (C=O) groups excluding carboxylic acids is 1. The Morgan fingerprint density at radius 3 is 2.04 bits per heavy atom. The molecule has 0 saturated heterocycles. The van der Waals surface area contributed by atoms with Gasteiger partial charge in [0.2, 0.25) is 0 Å². The van der Waals surface area contributed by atoms with Crippen molar-refractivity contribution in [3.8, 4) is 0 Å². The highest BCUT2D eigenvalue weighted by atomic mass is 16.4. The number of aliphatic hydroxyl groups excluding tert-OH is 4. The number of allylic oxidation sites excluding steroid dienone is 6. The molecular weight excluding hydrogens is 336 g/mol. The Labute approximate surface area is 155 Å². The minimum atomic E-state index is -1.11. The molecule has 6 heteroatoms. The summed E-state index contributed by atoms with van der Waals surface area (Å²) in [6.07, 6.45) is 14.4. The third-order valence-corrected chi connectivity index (χ3v) is 3.63. The lowest BCUT2D eigenvalue weighted by Gasteiger charge is -2.13. The van der Waals surface area contributed by atoms with Crippen molar-refractivity contribution >= 4 is 5.97 Å². The summed E-state index contributed by atoms with van der Waals surface area (Å²) in [6.45, 7) is 0.146. The molecule has 6 nitrogen and oxygen atoms in total. The van der Waals surface area contributed by atoms with Crippen LogP contribution in [0.25, 0.3) is 0 Å². The first-order valence-electron chi connectivity index (χ1n) is 9.00. The fraction of sp³-hybridized carbons (Fsp3) is 0.550. The van der Waals surface area contributed by atoms with Crippen LogP contribution in [-0.4, -0.2) is 51.3 Å². The van der Waals surface area contributed by atoms with Crippen LogP contribution in [0.1, 0.15) is 44.9 Å². The van der Waals surface area contributed by atoms with Crippen LogP contribution >= 0.6 is 0 Å². The number of aliphatic hydroxyl groups is 4. The Kier molecular flexibility index (Phi) is 15.6.